The highest BCUT2D eigenvalue weighted by Crippen LogP contribution is 2.27. The summed E-state index contributed by atoms with van der Waals surface area (Å²) in [4.78, 5) is 0. The summed E-state index contributed by atoms with van der Waals surface area (Å²) in [7, 11) is 0. The zero-order valence-corrected chi connectivity index (χ0v) is 12.1. The van der Waals surface area contributed by atoms with Gasteiger partial charge in [0, 0.05) is 12.2 Å². The van der Waals surface area contributed by atoms with Gasteiger partial charge < -0.3 is 10.1 Å². The number of rotatable bonds is 7. The standard InChI is InChI=1S/C15H23F2NO/c1-5-9-18-15(11(4)19-6-2)13-12(16)8-7-10(3)14(13)17/h7-8,11,15,18H,5-6,9H2,1-4H3. The van der Waals surface area contributed by atoms with E-state index >= 15 is 0 Å². The Morgan fingerprint density at radius 2 is 1.95 bits per heavy atom. The fourth-order valence-electron chi connectivity index (χ4n) is 2.13. The van der Waals surface area contributed by atoms with Gasteiger partial charge in [0.1, 0.15) is 11.6 Å². The topological polar surface area (TPSA) is 21.3 Å². The second kappa shape index (κ2) is 7.56. The predicted molar refractivity (Wildman–Crippen MR) is 73.2 cm³/mol. The number of benzene rings is 1. The molecule has 4 heteroatoms. The van der Waals surface area contributed by atoms with Gasteiger partial charge in [-0.2, -0.15) is 0 Å². The first kappa shape index (κ1) is 16.1. The first-order chi connectivity index (χ1) is 9.02. The molecule has 0 saturated heterocycles. The van der Waals surface area contributed by atoms with E-state index in [2.05, 4.69) is 5.32 Å². The number of halogens is 2. The van der Waals surface area contributed by atoms with Crippen LogP contribution in [0.5, 0.6) is 0 Å². The molecule has 0 amide bonds. The van der Waals surface area contributed by atoms with Gasteiger partial charge in [-0.3, -0.25) is 0 Å². The fourth-order valence-corrected chi connectivity index (χ4v) is 2.13. The molecule has 0 aliphatic heterocycles. The maximum Gasteiger partial charge on any atom is 0.133 e. The molecule has 108 valence electrons. The Morgan fingerprint density at radius 3 is 2.53 bits per heavy atom. The normalized spacial score (nSPS) is 14.4. The van der Waals surface area contributed by atoms with Crippen molar-refractivity contribution in [2.75, 3.05) is 13.2 Å². The zero-order valence-electron chi connectivity index (χ0n) is 12.1. The van der Waals surface area contributed by atoms with Crippen molar-refractivity contribution >= 4 is 0 Å². The van der Waals surface area contributed by atoms with Crippen LogP contribution in [0.4, 0.5) is 8.78 Å². The molecule has 0 radical (unpaired) electrons. The van der Waals surface area contributed by atoms with Gasteiger partial charge in [-0.1, -0.05) is 13.0 Å². The summed E-state index contributed by atoms with van der Waals surface area (Å²) in [5, 5.41) is 3.17. The van der Waals surface area contributed by atoms with Crippen LogP contribution in [0.1, 0.15) is 44.4 Å². The molecule has 0 fully saturated rings. The Balaban J connectivity index is 3.12. The van der Waals surface area contributed by atoms with E-state index in [1.807, 2.05) is 20.8 Å². The van der Waals surface area contributed by atoms with E-state index in [-0.39, 0.29) is 11.7 Å². The highest BCUT2D eigenvalue weighted by Gasteiger charge is 2.26. The van der Waals surface area contributed by atoms with E-state index in [0.717, 1.165) is 6.42 Å². The molecule has 1 rings (SSSR count). The molecule has 2 atom stereocenters. The number of hydrogen-bond donors (Lipinski definition) is 1. The van der Waals surface area contributed by atoms with Crippen LogP contribution in [0.25, 0.3) is 0 Å². The minimum absolute atomic E-state index is 0.0781. The molecule has 0 spiro atoms. The van der Waals surface area contributed by atoms with Gasteiger partial charge in [0.15, 0.2) is 0 Å². The summed E-state index contributed by atoms with van der Waals surface area (Å²) >= 11 is 0. The van der Waals surface area contributed by atoms with Gasteiger partial charge in [0.05, 0.1) is 12.1 Å². The van der Waals surface area contributed by atoms with E-state index < -0.39 is 17.7 Å². The van der Waals surface area contributed by atoms with Crippen molar-refractivity contribution in [3.63, 3.8) is 0 Å². The summed E-state index contributed by atoms with van der Waals surface area (Å²) in [6.07, 6.45) is 0.604. The van der Waals surface area contributed by atoms with Crippen molar-refractivity contribution in [3.05, 3.63) is 34.9 Å². The molecule has 1 aromatic carbocycles. The number of ether oxygens (including phenoxy) is 1. The van der Waals surface area contributed by atoms with Crippen molar-refractivity contribution in [3.8, 4) is 0 Å². The van der Waals surface area contributed by atoms with Crippen molar-refractivity contribution in [2.45, 2.75) is 46.3 Å². The highest BCUT2D eigenvalue weighted by molar-refractivity contribution is 5.30. The first-order valence-corrected chi connectivity index (χ1v) is 6.82. The molecule has 0 aromatic heterocycles. The lowest BCUT2D eigenvalue weighted by molar-refractivity contribution is 0.0452. The Kier molecular flexibility index (Phi) is 6.38. The smallest absolute Gasteiger partial charge is 0.133 e. The Morgan fingerprint density at radius 1 is 1.26 bits per heavy atom. The van der Waals surface area contributed by atoms with Crippen LogP contribution >= 0.6 is 0 Å². The van der Waals surface area contributed by atoms with E-state index in [1.54, 1.807) is 6.92 Å². The lowest BCUT2D eigenvalue weighted by atomic mass is 9.98. The molecule has 1 aromatic rings. The lowest BCUT2D eigenvalue weighted by Crippen LogP contribution is -2.34. The summed E-state index contributed by atoms with van der Waals surface area (Å²) in [5.41, 5.74) is 0.526. The van der Waals surface area contributed by atoms with Gasteiger partial charge in [0.2, 0.25) is 0 Å². The second-order valence-electron chi connectivity index (χ2n) is 4.68. The van der Waals surface area contributed by atoms with E-state index in [0.29, 0.717) is 18.7 Å². The van der Waals surface area contributed by atoms with Crippen LogP contribution in [0.15, 0.2) is 12.1 Å². The van der Waals surface area contributed by atoms with Crippen LogP contribution in [0.2, 0.25) is 0 Å². The summed E-state index contributed by atoms with van der Waals surface area (Å²) in [5.74, 6) is -1.01. The molecule has 0 bridgehead atoms. The molecule has 2 unspecified atom stereocenters. The van der Waals surface area contributed by atoms with Crippen LogP contribution in [0, 0.1) is 18.6 Å². The SMILES string of the molecule is CCCNC(c1c(F)ccc(C)c1F)C(C)OCC. The Bertz CT molecular complexity index is 409. The molecule has 0 heterocycles. The van der Waals surface area contributed by atoms with Crippen molar-refractivity contribution in [2.24, 2.45) is 0 Å². The monoisotopic (exact) mass is 271 g/mol. The average Bonchev–Trinajstić information content (AvgIpc) is 2.38. The van der Waals surface area contributed by atoms with Crippen molar-refractivity contribution in [1.82, 2.24) is 5.32 Å². The molecule has 0 aliphatic rings. The third-order valence-corrected chi connectivity index (χ3v) is 3.14. The third kappa shape index (κ3) is 3.98. The maximum absolute atomic E-state index is 14.2. The molecule has 2 nitrogen and oxygen atoms in total. The van der Waals surface area contributed by atoms with E-state index in [1.165, 1.54) is 12.1 Å². The van der Waals surface area contributed by atoms with E-state index in [9.17, 15) is 8.78 Å². The van der Waals surface area contributed by atoms with Crippen LogP contribution in [-0.4, -0.2) is 19.3 Å². The Hall–Kier alpha value is -1.00. The quantitative estimate of drug-likeness (QED) is 0.815. The summed E-state index contributed by atoms with van der Waals surface area (Å²) in [6, 6.07) is 2.29. The van der Waals surface area contributed by atoms with E-state index in [4.69, 9.17) is 4.74 Å². The van der Waals surface area contributed by atoms with Gasteiger partial charge in [-0.05, 0) is 45.4 Å². The van der Waals surface area contributed by atoms with Crippen LogP contribution in [-0.2, 0) is 4.74 Å². The lowest BCUT2D eigenvalue weighted by Gasteiger charge is -2.26. The van der Waals surface area contributed by atoms with Gasteiger partial charge >= 0.3 is 0 Å². The van der Waals surface area contributed by atoms with Crippen LogP contribution < -0.4 is 5.32 Å². The first-order valence-electron chi connectivity index (χ1n) is 6.82. The summed E-state index contributed by atoms with van der Waals surface area (Å²) in [6.45, 7) is 8.56. The minimum Gasteiger partial charge on any atom is -0.377 e. The molecular weight excluding hydrogens is 248 g/mol. The Labute approximate surface area is 114 Å². The average molecular weight is 271 g/mol. The zero-order chi connectivity index (χ0) is 14.4. The van der Waals surface area contributed by atoms with Crippen molar-refractivity contribution in [1.29, 1.82) is 0 Å². The summed E-state index contributed by atoms with van der Waals surface area (Å²) < 4.78 is 33.7. The molecule has 0 aliphatic carbocycles. The largest absolute Gasteiger partial charge is 0.377 e. The molecule has 0 saturated carbocycles. The number of hydrogen-bond acceptors (Lipinski definition) is 2. The maximum atomic E-state index is 14.2. The number of aryl methyl sites for hydroxylation is 1. The highest BCUT2D eigenvalue weighted by atomic mass is 19.1. The molecule has 19 heavy (non-hydrogen) atoms. The van der Waals surface area contributed by atoms with Gasteiger partial charge in [-0.25, -0.2) is 8.78 Å². The molecular formula is C15H23F2NO. The second-order valence-corrected chi connectivity index (χ2v) is 4.68. The minimum atomic E-state index is -0.525. The van der Waals surface area contributed by atoms with Gasteiger partial charge in [0.25, 0.3) is 0 Å². The third-order valence-electron chi connectivity index (χ3n) is 3.14. The number of nitrogens with one attached hydrogen (secondary N) is 1. The van der Waals surface area contributed by atoms with Gasteiger partial charge in [-0.15, -0.1) is 0 Å². The van der Waals surface area contributed by atoms with Crippen LogP contribution in [0.3, 0.4) is 0 Å². The predicted octanol–water partition coefficient (Wildman–Crippen LogP) is 3.74. The van der Waals surface area contributed by atoms with Crippen molar-refractivity contribution < 1.29 is 13.5 Å². The molecule has 1 N–H and O–H groups in total. The fraction of sp³-hybridized carbons (Fsp3) is 0.600.